The van der Waals surface area contributed by atoms with Crippen molar-refractivity contribution in [3.8, 4) is 5.75 Å². The molecule has 0 radical (unpaired) electrons. The van der Waals surface area contributed by atoms with Crippen LogP contribution >= 0.6 is 0 Å². The quantitative estimate of drug-likeness (QED) is 0.904. The number of halogens is 1. The first-order valence-corrected chi connectivity index (χ1v) is 6.55. The summed E-state index contributed by atoms with van der Waals surface area (Å²) in [4.78, 5) is 0. The number of ether oxygens (including phenoxy) is 1. The molecule has 0 bridgehead atoms. The monoisotopic (exact) mass is 257 g/mol. The molecule has 0 spiro atoms. The Morgan fingerprint density at radius 1 is 1.11 bits per heavy atom. The maximum Gasteiger partial charge on any atom is 0.123 e. The number of fused-ring (bicyclic) bond motifs is 1. The molecule has 0 aliphatic carbocycles. The summed E-state index contributed by atoms with van der Waals surface area (Å²) in [5.41, 5.74) is 3.73. The van der Waals surface area contributed by atoms with Gasteiger partial charge in [0.1, 0.15) is 18.2 Å². The van der Waals surface area contributed by atoms with E-state index in [1.54, 1.807) is 12.1 Å². The molecule has 3 rings (SSSR count). The van der Waals surface area contributed by atoms with Gasteiger partial charge in [0.25, 0.3) is 0 Å². The molecule has 2 aromatic rings. The van der Waals surface area contributed by atoms with E-state index in [0.717, 1.165) is 18.5 Å². The number of anilines is 1. The van der Waals surface area contributed by atoms with Crippen molar-refractivity contribution in [1.82, 2.24) is 0 Å². The molecule has 1 aliphatic heterocycles. The van der Waals surface area contributed by atoms with Crippen LogP contribution in [0.5, 0.6) is 5.75 Å². The van der Waals surface area contributed by atoms with Crippen LogP contribution in [-0.2, 0) is 13.0 Å². The van der Waals surface area contributed by atoms with Crippen molar-refractivity contribution in [2.45, 2.75) is 19.4 Å². The van der Waals surface area contributed by atoms with Crippen LogP contribution < -0.4 is 10.1 Å². The van der Waals surface area contributed by atoms with Crippen molar-refractivity contribution in [2.75, 3.05) is 11.9 Å². The molecule has 2 aromatic carbocycles. The van der Waals surface area contributed by atoms with Gasteiger partial charge in [-0.3, -0.25) is 0 Å². The second-order valence-electron chi connectivity index (χ2n) is 4.76. The van der Waals surface area contributed by atoms with Gasteiger partial charge in [0.05, 0.1) is 0 Å². The Morgan fingerprint density at radius 2 is 1.95 bits per heavy atom. The number of benzene rings is 2. The predicted molar refractivity (Wildman–Crippen MR) is 74.0 cm³/mol. The van der Waals surface area contributed by atoms with Crippen molar-refractivity contribution < 1.29 is 9.13 Å². The third kappa shape index (κ3) is 2.87. The highest BCUT2D eigenvalue weighted by molar-refractivity contribution is 5.54. The summed E-state index contributed by atoms with van der Waals surface area (Å²) in [7, 11) is 0. The van der Waals surface area contributed by atoms with Crippen molar-refractivity contribution in [2.24, 2.45) is 0 Å². The second kappa shape index (κ2) is 5.31. The summed E-state index contributed by atoms with van der Waals surface area (Å²) in [6.45, 7) is 1.57. The van der Waals surface area contributed by atoms with Gasteiger partial charge in [0.2, 0.25) is 0 Å². The van der Waals surface area contributed by atoms with E-state index in [-0.39, 0.29) is 5.82 Å². The molecule has 1 heterocycles. The Balaban J connectivity index is 1.68. The summed E-state index contributed by atoms with van der Waals surface area (Å²) in [5, 5.41) is 3.39. The van der Waals surface area contributed by atoms with E-state index in [2.05, 4.69) is 23.5 Å². The second-order valence-corrected chi connectivity index (χ2v) is 4.76. The van der Waals surface area contributed by atoms with E-state index in [1.165, 1.54) is 29.8 Å². The van der Waals surface area contributed by atoms with Crippen LogP contribution in [-0.4, -0.2) is 6.54 Å². The van der Waals surface area contributed by atoms with Crippen LogP contribution in [0.3, 0.4) is 0 Å². The summed E-state index contributed by atoms with van der Waals surface area (Å²) >= 11 is 0. The lowest BCUT2D eigenvalue weighted by Gasteiger charge is -2.18. The van der Waals surface area contributed by atoms with E-state index >= 15 is 0 Å². The van der Waals surface area contributed by atoms with Crippen molar-refractivity contribution in [3.63, 3.8) is 0 Å². The zero-order valence-corrected chi connectivity index (χ0v) is 10.7. The average Bonchev–Trinajstić information content (AvgIpc) is 2.46. The van der Waals surface area contributed by atoms with E-state index in [1.807, 2.05) is 0 Å². The fourth-order valence-corrected chi connectivity index (χ4v) is 2.32. The van der Waals surface area contributed by atoms with Crippen molar-refractivity contribution >= 4 is 5.69 Å². The van der Waals surface area contributed by atoms with Crippen LogP contribution in [0, 0.1) is 5.82 Å². The largest absolute Gasteiger partial charge is 0.489 e. The summed E-state index contributed by atoms with van der Waals surface area (Å²) in [6.07, 6.45) is 2.29. The number of nitrogens with one attached hydrogen (secondary N) is 1. The molecule has 0 unspecified atom stereocenters. The van der Waals surface area contributed by atoms with E-state index in [9.17, 15) is 4.39 Å². The third-order valence-corrected chi connectivity index (χ3v) is 3.33. The number of aryl methyl sites for hydroxylation is 1. The fourth-order valence-electron chi connectivity index (χ4n) is 2.32. The van der Waals surface area contributed by atoms with Gasteiger partial charge < -0.3 is 10.1 Å². The lowest BCUT2D eigenvalue weighted by Crippen LogP contribution is -2.12. The molecule has 3 heteroatoms. The lowest BCUT2D eigenvalue weighted by atomic mass is 10.0. The smallest absolute Gasteiger partial charge is 0.123 e. The fraction of sp³-hybridized carbons (Fsp3) is 0.250. The Bertz CT molecular complexity index is 565. The average molecular weight is 257 g/mol. The molecule has 98 valence electrons. The van der Waals surface area contributed by atoms with Crippen LogP contribution in [0.25, 0.3) is 0 Å². The summed E-state index contributed by atoms with van der Waals surface area (Å²) < 4.78 is 18.4. The molecule has 0 fully saturated rings. The number of rotatable bonds is 3. The maximum absolute atomic E-state index is 12.8. The van der Waals surface area contributed by atoms with Crippen LogP contribution in [0.15, 0.2) is 42.5 Å². The molecule has 0 atom stereocenters. The molecule has 1 aliphatic rings. The first-order valence-electron chi connectivity index (χ1n) is 6.55. The lowest BCUT2D eigenvalue weighted by molar-refractivity contribution is 0.305. The third-order valence-electron chi connectivity index (χ3n) is 3.33. The normalized spacial score (nSPS) is 13.5. The SMILES string of the molecule is Fc1ccc(OCc2ccc3c(c2)CCCN3)cc1. The Kier molecular flexibility index (Phi) is 3.36. The Hall–Kier alpha value is -2.03. The zero-order chi connectivity index (χ0) is 13.1. The van der Waals surface area contributed by atoms with Gasteiger partial charge in [-0.2, -0.15) is 0 Å². The van der Waals surface area contributed by atoms with E-state index < -0.39 is 0 Å². The molecule has 2 nitrogen and oxygen atoms in total. The van der Waals surface area contributed by atoms with Crippen molar-refractivity contribution in [3.05, 3.63) is 59.4 Å². The number of hydrogen-bond donors (Lipinski definition) is 1. The minimum atomic E-state index is -0.243. The highest BCUT2D eigenvalue weighted by Crippen LogP contribution is 2.23. The van der Waals surface area contributed by atoms with Crippen molar-refractivity contribution in [1.29, 1.82) is 0 Å². The minimum absolute atomic E-state index is 0.243. The first kappa shape index (κ1) is 12.0. The van der Waals surface area contributed by atoms with Gasteiger partial charge in [0.15, 0.2) is 0 Å². The summed E-state index contributed by atoms with van der Waals surface area (Å²) in [5.74, 6) is 0.449. The van der Waals surface area contributed by atoms with Crippen LogP contribution in [0.2, 0.25) is 0 Å². The van der Waals surface area contributed by atoms with Gasteiger partial charge in [-0.05, 0) is 54.3 Å². The topological polar surface area (TPSA) is 21.3 Å². The van der Waals surface area contributed by atoms with Crippen LogP contribution in [0.1, 0.15) is 17.5 Å². The number of hydrogen-bond acceptors (Lipinski definition) is 2. The summed E-state index contributed by atoms with van der Waals surface area (Å²) in [6, 6.07) is 12.5. The van der Waals surface area contributed by atoms with Gasteiger partial charge in [-0.1, -0.05) is 12.1 Å². The van der Waals surface area contributed by atoms with Gasteiger partial charge in [-0.25, -0.2) is 4.39 Å². The molecule has 0 saturated carbocycles. The molecular weight excluding hydrogens is 241 g/mol. The minimum Gasteiger partial charge on any atom is -0.489 e. The highest BCUT2D eigenvalue weighted by Gasteiger charge is 2.08. The Morgan fingerprint density at radius 3 is 2.79 bits per heavy atom. The molecule has 0 saturated heterocycles. The predicted octanol–water partition coefficient (Wildman–Crippen LogP) is 3.76. The zero-order valence-electron chi connectivity index (χ0n) is 10.7. The Labute approximate surface area is 112 Å². The standard InChI is InChI=1S/C16H16FNO/c17-14-4-6-15(7-5-14)19-11-12-3-8-16-13(10-12)2-1-9-18-16/h3-8,10,18H,1-2,9,11H2. The van der Waals surface area contributed by atoms with E-state index in [4.69, 9.17) is 4.74 Å². The molecule has 19 heavy (non-hydrogen) atoms. The first-order chi connectivity index (χ1) is 9.31. The van der Waals surface area contributed by atoms with Gasteiger partial charge >= 0.3 is 0 Å². The molecule has 1 N–H and O–H groups in total. The highest BCUT2D eigenvalue weighted by atomic mass is 19.1. The molecule has 0 aromatic heterocycles. The maximum atomic E-state index is 12.8. The molecular formula is C16H16FNO. The van der Waals surface area contributed by atoms with E-state index in [0.29, 0.717) is 12.4 Å². The van der Waals surface area contributed by atoms with Gasteiger partial charge in [0, 0.05) is 12.2 Å². The van der Waals surface area contributed by atoms with Crippen LogP contribution in [0.4, 0.5) is 10.1 Å². The van der Waals surface area contributed by atoms with Gasteiger partial charge in [-0.15, -0.1) is 0 Å². The molecule has 0 amide bonds.